The van der Waals surface area contributed by atoms with Crippen molar-refractivity contribution in [3.63, 3.8) is 0 Å². The Morgan fingerprint density at radius 1 is 1.08 bits per heavy atom. The van der Waals surface area contributed by atoms with Crippen LogP contribution in [0.2, 0.25) is 0 Å². The number of carbonyl (C=O) groups excluding carboxylic acids is 2. The smallest absolute Gasteiger partial charge is 0.315 e. The van der Waals surface area contributed by atoms with Crippen LogP contribution in [0.15, 0.2) is 24.3 Å². The van der Waals surface area contributed by atoms with E-state index in [1.54, 1.807) is 0 Å². The Balaban J connectivity index is 1.16. The molecule has 0 aromatic heterocycles. The molecule has 1 saturated carbocycles. The Kier molecular flexibility index (Phi) is 4.86. The predicted molar refractivity (Wildman–Crippen MR) is 95.2 cm³/mol. The number of fused-ring (bicyclic) bond motifs is 1. The van der Waals surface area contributed by atoms with Crippen LogP contribution in [-0.4, -0.2) is 55.2 Å². The number of carbonyl (C=O) groups is 2. The van der Waals surface area contributed by atoms with Gasteiger partial charge in [0.25, 0.3) is 0 Å². The standard InChI is InChI=1S/C19H25N3O4/c23-18(13-5-6-13)22-9-7-14(8-10-22)21-19(24)20-11-15-12-25-16-3-1-2-4-17(16)26-15/h1-4,13-15H,5-12H2,(H2,20,21,24). The van der Waals surface area contributed by atoms with Crippen LogP contribution in [0.25, 0.3) is 0 Å². The minimum Gasteiger partial charge on any atom is -0.486 e. The molecule has 1 aliphatic carbocycles. The van der Waals surface area contributed by atoms with Crippen LogP contribution in [0.1, 0.15) is 25.7 Å². The summed E-state index contributed by atoms with van der Waals surface area (Å²) in [7, 11) is 0. The second kappa shape index (κ2) is 7.43. The van der Waals surface area contributed by atoms with Gasteiger partial charge in [0.15, 0.2) is 17.6 Å². The van der Waals surface area contributed by atoms with Crippen LogP contribution in [0, 0.1) is 5.92 Å². The van der Waals surface area contributed by atoms with Crippen molar-refractivity contribution in [3.8, 4) is 11.5 Å². The van der Waals surface area contributed by atoms with Gasteiger partial charge in [0.05, 0.1) is 6.54 Å². The summed E-state index contributed by atoms with van der Waals surface area (Å²) < 4.78 is 11.5. The SMILES string of the molecule is O=C(NCC1COc2ccccc2O1)NC1CCN(C(=O)C2CC2)CC1. The summed E-state index contributed by atoms with van der Waals surface area (Å²) in [4.78, 5) is 26.1. The van der Waals surface area contributed by atoms with Gasteiger partial charge in [-0.1, -0.05) is 12.1 Å². The van der Waals surface area contributed by atoms with E-state index in [-0.39, 0.29) is 24.1 Å². The molecule has 0 bridgehead atoms. The third kappa shape index (κ3) is 4.03. The van der Waals surface area contributed by atoms with Crippen molar-refractivity contribution >= 4 is 11.9 Å². The average Bonchev–Trinajstić information content (AvgIpc) is 3.51. The van der Waals surface area contributed by atoms with Crippen LogP contribution in [-0.2, 0) is 4.79 Å². The largest absolute Gasteiger partial charge is 0.486 e. The van der Waals surface area contributed by atoms with Gasteiger partial charge in [-0.3, -0.25) is 4.79 Å². The monoisotopic (exact) mass is 359 g/mol. The molecule has 0 spiro atoms. The molecule has 2 heterocycles. The highest BCUT2D eigenvalue weighted by molar-refractivity contribution is 5.81. The second-order valence-electron chi connectivity index (χ2n) is 7.23. The first-order valence-corrected chi connectivity index (χ1v) is 9.40. The normalized spacial score (nSPS) is 22.6. The van der Waals surface area contributed by atoms with Crippen molar-refractivity contribution < 1.29 is 19.1 Å². The van der Waals surface area contributed by atoms with Gasteiger partial charge < -0.3 is 25.0 Å². The molecule has 1 saturated heterocycles. The molecule has 3 amide bonds. The maximum Gasteiger partial charge on any atom is 0.315 e. The Morgan fingerprint density at radius 2 is 1.81 bits per heavy atom. The summed E-state index contributed by atoms with van der Waals surface area (Å²) >= 11 is 0. The molecule has 1 atom stereocenters. The summed E-state index contributed by atoms with van der Waals surface area (Å²) in [6, 6.07) is 7.44. The summed E-state index contributed by atoms with van der Waals surface area (Å²) in [6.07, 6.45) is 3.49. The molecule has 2 N–H and O–H groups in total. The topological polar surface area (TPSA) is 79.9 Å². The summed E-state index contributed by atoms with van der Waals surface area (Å²) in [5, 5.41) is 5.85. The fraction of sp³-hybridized carbons (Fsp3) is 0.579. The van der Waals surface area contributed by atoms with Gasteiger partial charge in [0.1, 0.15) is 6.61 Å². The number of benzene rings is 1. The van der Waals surface area contributed by atoms with E-state index in [2.05, 4.69) is 10.6 Å². The Bertz CT molecular complexity index is 669. The second-order valence-corrected chi connectivity index (χ2v) is 7.23. The maximum absolute atomic E-state index is 12.1. The molecule has 3 aliphatic rings. The van der Waals surface area contributed by atoms with Gasteiger partial charge in [-0.05, 0) is 37.8 Å². The van der Waals surface area contributed by atoms with Crippen LogP contribution in [0.3, 0.4) is 0 Å². The minimum atomic E-state index is -0.200. The lowest BCUT2D eigenvalue weighted by molar-refractivity contribution is -0.133. The highest BCUT2D eigenvalue weighted by Gasteiger charge is 2.35. The summed E-state index contributed by atoms with van der Waals surface area (Å²) in [5.74, 6) is 2.01. The van der Waals surface area contributed by atoms with Crippen LogP contribution in [0.4, 0.5) is 4.79 Å². The van der Waals surface area contributed by atoms with E-state index in [9.17, 15) is 9.59 Å². The fourth-order valence-corrected chi connectivity index (χ4v) is 3.44. The van der Waals surface area contributed by atoms with Crippen molar-refractivity contribution in [2.24, 2.45) is 5.92 Å². The summed E-state index contributed by atoms with van der Waals surface area (Å²) in [5.41, 5.74) is 0. The molecule has 1 aromatic rings. The summed E-state index contributed by atoms with van der Waals surface area (Å²) in [6.45, 7) is 2.27. The zero-order valence-corrected chi connectivity index (χ0v) is 14.8. The molecule has 26 heavy (non-hydrogen) atoms. The van der Waals surface area contributed by atoms with Crippen molar-refractivity contribution in [2.75, 3.05) is 26.2 Å². The average molecular weight is 359 g/mol. The van der Waals surface area contributed by atoms with Gasteiger partial charge in [0.2, 0.25) is 5.91 Å². The first kappa shape index (κ1) is 17.0. The lowest BCUT2D eigenvalue weighted by atomic mass is 10.0. The number of rotatable bonds is 4. The lowest BCUT2D eigenvalue weighted by Crippen LogP contribution is -2.51. The molecule has 2 fully saturated rings. The predicted octanol–water partition coefficient (Wildman–Crippen LogP) is 1.53. The number of nitrogens with one attached hydrogen (secondary N) is 2. The Labute approximate surface area is 153 Å². The zero-order valence-electron chi connectivity index (χ0n) is 14.8. The molecule has 7 nitrogen and oxygen atoms in total. The van der Waals surface area contributed by atoms with Crippen LogP contribution < -0.4 is 20.1 Å². The van der Waals surface area contributed by atoms with Gasteiger partial charge >= 0.3 is 6.03 Å². The number of amides is 3. The van der Waals surface area contributed by atoms with Gasteiger partial charge in [-0.15, -0.1) is 0 Å². The number of hydrogen-bond acceptors (Lipinski definition) is 4. The minimum absolute atomic E-state index is 0.113. The van der Waals surface area contributed by atoms with Crippen molar-refractivity contribution in [3.05, 3.63) is 24.3 Å². The molecule has 1 aromatic carbocycles. The molecular weight excluding hydrogens is 334 g/mol. The number of ether oxygens (including phenoxy) is 2. The van der Waals surface area contributed by atoms with E-state index in [1.807, 2.05) is 29.2 Å². The maximum atomic E-state index is 12.1. The number of hydrogen-bond donors (Lipinski definition) is 2. The third-order valence-electron chi connectivity index (χ3n) is 5.13. The van der Waals surface area contributed by atoms with Gasteiger partial charge in [-0.25, -0.2) is 4.79 Å². The number of piperidine rings is 1. The highest BCUT2D eigenvalue weighted by Crippen LogP contribution is 2.32. The highest BCUT2D eigenvalue weighted by atomic mass is 16.6. The fourth-order valence-electron chi connectivity index (χ4n) is 3.44. The van der Waals surface area contributed by atoms with Gasteiger partial charge in [-0.2, -0.15) is 0 Å². The number of urea groups is 1. The molecular formula is C19H25N3O4. The first-order valence-electron chi connectivity index (χ1n) is 9.40. The van der Waals surface area contributed by atoms with E-state index in [0.29, 0.717) is 24.8 Å². The quantitative estimate of drug-likeness (QED) is 0.854. The molecule has 7 heteroatoms. The zero-order chi connectivity index (χ0) is 17.9. The van der Waals surface area contributed by atoms with E-state index >= 15 is 0 Å². The lowest BCUT2D eigenvalue weighted by Gasteiger charge is -2.32. The first-order chi connectivity index (χ1) is 12.7. The number of para-hydroxylation sites is 2. The number of nitrogens with zero attached hydrogens (tertiary/aromatic N) is 1. The van der Waals surface area contributed by atoms with E-state index in [4.69, 9.17) is 9.47 Å². The molecule has 2 aliphatic heterocycles. The molecule has 4 rings (SSSR count). The van der Waals surface area contributed by atoms with Crippen molar-refractivity contribution in [1.82, 2.24) is 15.5 Å². The number of likely N-dealkylation sites (tertiary alicyclic amines) is 1. The Hall–Kier alpha value is -2.44. The van der Waals surface area contributed by atoms with E-state index in [1.165, 1.54) is 0 Å². The van der Waals surface area contributed by atoms with E-state index in [0.717, 1.165) is 44.5 Å². The van der Waals surface area contributed by atoms with Crippen LogP contribution >= 0.6 is 0 Å². The Morgan fingerprint density at radius 3 is 2.54 bits per heavy atom. The van der Waals surface area contributed by atoms with Gasteiger partial charge in [0, 0.05) is 25.0 Å². The molecule has 1 unspecified atom stereocenters. The van der Waals surface area contributed by atoms with E-state index < -0.39 is 0 Å². The van der Waals surface area contributed by atoms with Crippen molar-refractivity contribution in [2.45, 2.75) is 37.8 Å². The molecule has 140 valence electrons. The van der Waals surface area contributed by atoms with Crippen molar-refractivity contribution in [1.29, 1.82) is 0 Å². The van der Waals surface area contributed by atoms with Crippen LogP contribution in [0.5, 0.6) is 11.5 Å². The third-order valence-corrected chi connectivity index (χ3v) is 5.13. The molecule has 0 radical (unpaired) electrons.